The molecule has 1 nitrogen and oxygen atoms in total. The quantitative estimate of drug-likeness (QED) is 0.776. The minimum absolute atomic E-state index is 0.252. The zero-order valence-electron chi connectivity index (χ0n) is 9.09. The average molecular weight is 189 g/mol. The number of hydrogen-bond donors (Lipinski definition) is 1. The Balaban J connectivity index is 2.15. The van der Waals surface area contributed by atoms with E-state index in [0.717, 1.165) is 5.92 Å². The Kier molecular flexibility index (Phi) is 2.60. The number of nitrogens with two attached hydrogens (primary N) is 1. The Morgan fingerprint density at radius 2 is 2.07 bits per heavy atom. The lowest BCUT2D eigenvalue weighted by Crippen LogP contribution is -2.12. The van der Waals surface area contributed by atoms with Crippen molar-refractivity contribution >= 4 is 0 Å². The van der Waals surface area contributed by atoms with E-state index >= 15 is 0 Å². The first-order chi connectivity index (χ1) is 6.66. The monoisotopic (exact) mass is 189 g/mol. The molecule has 14 heavy (non-hydrogen) atoms. The van der Waals surface area contributed by atoms with Crippen LogP contribution in [-0.2, 0) is 0 Å². The van der Waals surface area contributed by atoms with Crippen LogP contribution in [0.1, 0.15) is 42.0 Å². The summed E-state index contributed by atoms with van der Waals surface area (Å²) in [4.78, 5) is 0. The summed E-state index contributed by atoms with van der Waals surface area (Å²) in [5.74, 6) is 0.907. The zero-order chi connectivity index (χ0) is 10.1. The van der Waals surface area contributed by atoms with E-state index in [0.29, 0.717) is 0 Å². The Morgan fingerprint density at radius 1 is 1.36 bits per heavy atom. The summed E-state index contributed by atoms with van der Waals surface area (Å²) in [6.45, 7) is 4.29. The largest absolute Gasteiger partial charge is 0.324 e. The molecule has 1 aromatic rings. The van der Waals surface area contributed by atoms with Crippen molar-refractivity contribution in [1.29, 1.82) is 0 Å². The van der Waals surface area contributed by atoms with Crippen LogP contribution in [0.3, 0.4) is 0 Å². The fourth-order valence-corrected chi connectivity index (χ4v) is 2.00. The van der Waals surface area contributed by atoms with Crippen LogP contribution in [0.25, 0.3) is 0 Å². The van der Waals surface area contributed by atoms with Crippen LogP contribution in [0.5, 0.6) is 0 Å². The van der Waals surface area contributed by atoms with Crippen LogP contribution in [0.2, 0.25) is 0 Å². The summed E-state index contributed by atoms with van der Waals surface area (Å²) < 4.78 is 0. The molecule has 0 radical (unpaired) electrons. The van der Waals surface area contributed by atoms with Crippen LogP contribution in [0.15, 0.2) is 18.2 Å². The second-order valence-corrected chi connectivity index (χ2v) is 4.65. The van der Waals surface area contributed by atoms with Gasteiger partial charge >= 0.3 is 0 Å². The third-order valence-corrected chi connectivity index (χ3v) is 3.12. The van der Waals surface area contributed by atoms with Crippen molar-refractivity contribution in [3.05, 3.63) is 34.9 Å². The van der Waals surface area contributed by atoms with Gasteiger partial charge < -0.3 is 5.73 Å². The van der Waals surface area contributed by atoms with E-state index in [-0.39, 0.29) is 6.04 Å². The molecule has 76 valence electrons. The minimum Gasteiger partial charge on any atom is -0.324 e. The van der Waals surface area contributed by atoms with Crippen molar-refractivity contribution in [3.8, 4) is 0 Å². The third kappa shape index (κ3) is 2.16. The molecular formula is C13H19N. The molecule has 1 heteroatoms. The molecule has 1 aliphatic carbocycles. The lowest BCUT2D eigenvalue weighted by molar-refractivity contribution is 0.594. The molecule has 1 fully saturated rings. The van der Waals surface area contributed by atoms with Gasteiger partial charge in [0.1, 0.15) is 0 Å². The molecule has 0 aliphatic heterocycles. The van der Waals surface area contributed by atoms with Crippen molar-refractivity contribution in [2.24, 2.45) is 11.7 Å². The van der Waals surface area contributed by atoms with Crippen LogP contribution in [-0.4, -0.2) is 0 Å². The van der Waals surface area contributed by atoms with E-state index in [1.165, 1.54) is 36.0 Å². The summed E-state index contributed by atoms with van der Waals surface area (Å²) in [7, 11) is 0. The van der Waals surface area contributed by atoms with Gasteiger partial charge in [-0.3, -0.25) is 0 Å². The highest BCUT2D eigenvalue weighted by Gasteiger charge is 2.24. The molecular weight excluding hydrogens is 170 g/mol. The maximum Gasteiger partial charge on any atom is 0.0300 e. The molecule has 2 N–H and O–H groups in total. The second kappa shape index (κ2) is 3.74. The highest BCUT2D eigenvalue weighted by molar-refractivity contribution is 5.32. The standard InChI is InChI=1S/C13H19N/c1-9-3-4-10(2)12(7-9)13(14)8-11-5-6-11/h3-4,7,11,13H,5-6,8,14H2,1-2H3/t13-/m0/s1. The lowest BCUT2D eigenvalue weighted by atomic mass is 9.96. The van der Waals surface area contributed by atoms with Crippen molar-refractivity contribution < 1.29 is 0 Å². The van der Waals surface area contributed by atoms with E-state index in [9.17, 15) is 0 Å². The summed E-state index contributed by atoms with van der Waals surface area (Å²) in [6, 6.07) is 6.82. The molecule has 0 bridgehead atoms. The second-order valence-electron chi connectivity index (χ2n) is 4.65. The molecule has 0 saturated heterocycles. The molecule has 0 amide bonds. The van der Waals surface area contributed by atoms with Gasteiger partial charge in [0, 0.05) is 6.04 Å². The first-order valence-corrected chi connectivity index (χ1v) is 5.49. The smallest absolute Gasteiger partial charge is 0.0300 e. The SMILES string of the molecule is Cc1ccc(C)c([C@@H](N)CC2CC2)c1. The van der Waals surface area contributed by atoms with Crippen LogP contribution < -0.4 is 5.73 Å². The van der Waals surface area contributed by atoms with Gasteiger partial charge in [-0.1, -0.05) is 36.6 Å². The highest BCUT2D eigenvalue weighted by atomic mass is 14.6. The van der Waals surface area contributed by atoms with Crippen molar-refractivity contribution in [3.63, 3.8) is 0 Å². The number of aryl methyl sites for hydroxylation is 2. The number of rotatable bonds is 3. The zero-order valence-corrected chi connectivity index (χ0v) is 9.09. The molecule has 1 aliphatic rings. The molecule has 1 atom stereocenters. The third-order valence-electron chi connectivity index (χ3n) is 3.12. The van der Waals surface area contributed by atoms with Crippen LogP contribution in [0.4, 0.5) is 0 Å². The Bertz CT molecular complexity index is 326. The summed E-state index contributed by atoms with van der Waals surface area (Å²) in [5, 5.41) is 0. The van der Waals surface area contributed by atoms with Crippen molar-refractivity contribution in [2.75, 3.05) is 0 Å². The summed E-state index contributed by atoms with van der Waals surface area (Å²) in [5.41, 5.74) is 10.2. The van der Waals surface area contributed by atoms with E-state index < -0.39 is 0 Å². The molecule has 1 saturated carbocycles. The van der Waals surface area contributed by atoms with Crippen molar-refractivity contribution in [1.82, 2.24) is 0 Å². The van der Waals surface area contributed by atoms with Crippen molar-refractivity contribution in [2.45, 2.75) is 39.2 Å². The fourth-order valence-electron chi connectivity index (χ4n) is 2.00. The van der Waals surface area contributed by atoms with Gasteiger partial charge in [-0.15, -0.1) is 0 Å². The van der Waals surface area contributed by atoms with Gasteiger partial charge in [0.05, 0.1) is 0 Å². The number of benzene rings is 1. The lowest BCUT2D eigenvalue weighted by Gasteiger charge is -2.15. The van der Waals surface area contributed by atoms with E-state index in [1.54, 1.807) is 0 Å². The van der Waals surface area contributed by atoms with Crippen LogP contribution >= 0.6 is 0 Å². The topological polar surface area (TPSA) is 26.0 Å². The average Bonchev–Trinajstić information content (AvgIpc) is 2.93. The fraction of sp³-hybridized carbons (Fsp3) is 0.538. The maximum absolute atomic E-state index is 6.21. The number of hydrogen-bond acceptors (Lipinski definition) is 1. The van der Waals surface area contributed by atoms with Gasteiger partial charge in [-0.05, 0) is 37.3 Å². The first kappa shape index (κ1) is 9.72. The molecule has 0 heterocycles. The Labute approximate surface area is 86.3 Å². The molecule has 1 aromatic carbocycles. The highest BCUT2D eigenvalue weighted by Crippen LogP contribution is 2.37. The van der Waals surface area contributed by atoms with Gasteiger partial charge in [-0.25, -0.2) is 0 Å². The van der Waals surface area contributed by atoms with Gasteiger partial charge in [-0.2, -0.15) is 0 Å². The van der Waals surface area contributed by atoms with Crippen LogP contribution in [0, 0.1) is 19.8 Å². The van der Waals surface area contributed by atoms with E-state index in [2.05, 4.69) is 32.0 Å². The predicted octanol–water partition coefficient (Wildman–Crippen LogP) is 3.10. The van der Waals surface area contributed by atoms with Gasteiger partial charge in [0.15, 0.2) is 0 Å². The maximum atomic E-state index is 6.21. The molecule has 0 aromatic heterocycles. The Hall–Kier alpha value is -0.820. The first-order valence-electron chi connectivity index (χ1n) is 5.49. The molecule has 0 unspecified atom stereocenters. The predicted molar refractivity (Wildman–Crippen MR) is 60.2 cm³/mol. The minimum atomic E-state index is 0.252. The van der Waals surface area contributed by atoms with E-state index in [1.807, 2.05) is 0 Å². The molecule has 0 spiro atoms. The normalized spacial score (nSPS) is 18.2. The molecule has 2 rings (SSSR count). The summed E-state index contributed by atoms with van der Waals surface area (Å²) in [6.07, 6.45) is 3.95. The van der Waals surface area contributed by atoms with E-state index in [4.69, 9.17) is 5.73 Å². The van der Waals surface area contributed by atoms with Gasteiger partial charge in [0.25, 0.3) is 0 Å². The summed E-state index contributed by atoms with van der Waals surface area (Å²) >= 11 is 0. The Morgan fingerprint density at radius 3 is 2.71 bits per heavy atom. The van der Waals surface area contributed by atoms with Gasteiger partial charge in [0.2, 0.25) is 0 Å².